The summed E-state index contributed by atoms with van der Waals surface area (Å²) in [6.45, 7) is 4.45. The molecular weight excluding hydrogens is 232 g/mol. The molecule has 1 unspecified atom stereocenters. The molecule has 1 atom stereocenters. The van der Waals surface area contributed by atoms with Crippen molar-refractivity contribution in [3.8, 4) is 0 Å². The van der Waals surface area contributed by atoms with Gasteiger partial charge in [-0.1, -0.05) is 13.8 Å². The zero-order valence-corrected chi connectivity index (χ0v) is 11.4. The molecule has 1 saturated carbocycles. The number of nitrogens with zero attached hydrogens (tertiary/aromatic N) is 3. The number of aromatic nitrogens is 3. The van der Waals surface area contributed by atoms with E-state index in [0.717, 1.165) is 23.8 Å². The van der Waals surface area contributed by atoms with Crippen LogP contribution in [0, 0.1) is 5.41 Å². The number of hydrogen-bond acceptors (Lipinski definition) is 4. The second-order valence-corrected chi connectivity index (χ2v) is 5.87. The first-order valence-electron chi connectivity index (χ1n) is 6.21. The van der Waals surface area contributed by atoms with Crippen LogP contribution < -0.4 is 16.6 Å². The molecule has 1 aliphatic rings. The van der Waals surface area contributed by atoms with Crippen LogP contribution in [0.25, 0.3) is 0 Å². The first-order chi connectivity index (χ1) is 8.30. The van der Waals surface area contributed by atoms with Crippen LogP contribution in [-0.4, -0.2) is 20.4 Å². The Labute approximate surface area is 106 Å². The average Bonchev–Trinajstić information content (AvgIpc) is 2.63. The molecule has 0 saturated heterocycles. The Morgan fingerprint density at radius 2 is 2.00 bits per heavy atom. The van der Waals surface area contributed by atoms with Crippen molar-refractivity contribution in [2.24, 2.45) is 19.5 Å². The molecule has 1 aromatic heterocycles. The van der Waals surface area contributed by atoms with Crippen LogP contribution in [0.5, 0.6) is 0 Å². The molecule has 0 spiro atoms. The summed E-state index contributed by atoms with van der Waals surface area (Å²) in [4.78, 5) is 23.4. The predicted octanol–water partition coefficient (Wildman–Crippen LogP) is 0.470. The van der Waals surface area contributed by atoms with Gasteiger partial charge in [0.1, 0.15) is 0 Å². The van der Waals surface area contributed by atoms with Gasteiger partial charge in [0.2, 0.25) is 5.82 Å². The molecule has 0 radical (unpaired) electrons. The highest BCUT2D eigenvalue weighted by molar-refractivity contribution is 5.31. The number of anilines is 1. The number of aryl methyl sites for hydroxylation is 1. The Morgan fingerprint density at radius 1 is 1.33 bits per heavy atom. The maximum atomic E-state index is 11.9. The lowest BCUT2D eigenvalue weighted by molar-refractivity contribution is 0.378. The van der Waals surface area contributed by atoms with E-state index in [1.807, 2.05) is 0 Å². The number of hydrogen-bond donors (Lipinski definition) is 1. The van der Waals surface area contributed by atoms with E-state index in [1.54, 1.807) is 7.05 Å². The van der Waals surface area contributed by atoms with Gasteiger partial charge in [0.25, 0.3) is 5.56 Å². The van der Waals surface area contributed by atoms with Gasteiger partial charge in [0, 0.05) is 20.1 Å². The van der Waals surface area contributed by atoms with E-state index in [9.17, 15) is 9.59 Å². The zero-order valence-electron chi connectivity index (χ0n) is 11.4. The van der Waals surface area contributed by atoms with Gasteiger partial charge in [-0.2, -0.15) is 0 Å². The molecule has 0 aromatic carbocycles. The highest BCUT2D eigenvalue weighted by Crippen LogP contribution is 2.37. The van der Waals surface area contributed by atoms with Crippen molar-refractivity contribution >= 4 is 5.82 Å². The summed E-state index contributed by atoms with van der Waals surface area (Å²) in [5, 5.41) is 7.17. The van der Waals surface area contributed by atoms with Gasteiger partial charge < -0.3 is 5.32 Å². The zero-order chi connectivity index (χ0) is 13.5. The molecule has 1 aliphatic carbocycles. The minimum atomic E-state index is -0.405. The van der Waals surface area contributed by atoms with Crippen molar-refractivity contribution in [1.29, 1.82) is 0 Å². The Bertz CT molecular complexity index is 570. The predicted molar refractivity (Wildman–Crippen MR) is 69.8 cm³/mol. The monoisotopic (exact) mass is 252 g/mol. The molecule has 1 N–H and O–H groups in total. The lowest BCUT2D eigenvalue weighted by atomic mass is 9.92. The van der Waals surface area contributed by atoms with Gasteiger partial charge in [0.15, 0.2) is 0 Å². The van der Waals surface area contributed by atoms with Crippen LogP contribution >= 0.6 is 0 Å². The first-order valence-corrected chi connectivity index (χ1v) is 6.21. The fourth-order valence-corrected chi connectivity index (χ4v) is 2.54. The molecule has 0 amide bonds. The summed E-state index contributed by atoms with van der Waals surface area (Å²) in [7, 11) is 3.02. The van der Waals surface area contributed by atoms with Gasteiger partial charge in [-0.15, -0.1) is 5.10 Å². The minimum absolute atomic E-state index is 0.262. The van der Waals surface area contributed by atoms with Crippen LogP contribution in [0.3, 0.4) is 0 Å². The Balaban J connectivity index is 2.26. The Morgan fingerprint density at radius 3 is 2.56 bits per heavy atom. The second-order valence-electron chi connectivity index (χ2n) is 5.87. The molecule has 2 rings (SSSR count). The lowest BCUT2D eigenvalue weighted by Gasteiger charge is -2.18. The Kier molecular flexibility index (Phi) is 3.04. The standard InChI is InChI=1S/C12H20N4O2/c1-12(2)6-5-8(7-12)13-9-10(17)15(3)11(18)16(4)14-9/h8H,5-7H2,1-4H3,(H,13,14). The van der Waals surface area contributed by atoms with Crippen molar-refractivity contribution in [2.45, 2.75) is 39.2 Å². The van der Waals surface area contributed by atoms with Gasteiger partial charge in [-0.05, 0) is 24.7 Å². The summed E-state index contributed by atoms with van der Waals surface area (Å²) < 4.78 is 2.26. The topological polar surface area (TPSA) is 68.9 Å². The fourth-order valence-electron chi connectivity index (χ4n) is 2.54. The lowest BCUT2D eigenvalue weighted by Crippen LogP contribution is -2.41. The maximum Gasteiger partial charge on any atom is 0.346 e. The SMILES string of the molecule is Cn1nc(NC2CCC(C)(C)C2)c(=O)n(C)c1=O. The van der Waals surface area contributed by atoms with E-state index in [4.69, 9.17) is 0 Å². The number of rotatable bonds is 2. The quantitative estimate of drug-likeness (QED) is 0.830. The van der Waals surface area contributed by atoms with E-state index >= 15 is 0 Å². The van der Waals surface area contributed by atoms with E-state index in [2.05, 4.69) is 24.3 Å². The van der Waals surface area contributed by atoms with E-state index in [-0.39, 0.29) is 17.4 Å². The highest BCUT2D eigenvalue weighted by atomic mass is 16.2. The summed E-state index contributed by atoms with van der Waals surface area (Å²) in [6.07, 6.45) is 3.18. The third kappa shape index (κ3) is 2.32. The van der Waals surface area contributed by atoms with Gasteiger partial charge in [-0.25, -0.2) is 9.48 Å². The molecule has 6 nitrogen and oxygen atoms in total. The van der Waals surface area contributed by atoms with Crippen molar-refractivity contribution in [3.63, 3.8) is 0 Å². The van der Waals surface area contributed by atoms with E-state index in [0.29, 0.717) is 5.41 Å². The molecule has 18 heavy (non-hydrogen) atoms. The minimum Gasteiger partial charge on any atom is -0.361 e. The van der Waals surface area contributed by atoms with Crippen LogP contribution in [0.15, 0.2) is 9.59 Å². The van der Waals surface area contributed by atoms with Crippen LogP contribution in [-0.2, 0) is 14.1 Å². The molecular formula is C12H20N4O2. The molecule has 0 aliphatic heterocycles. The van der Waals surface area contributed by atoms with Crippen molar-refractivity contribution in [3.05, 3.63) is 20.8 Å². The fraction of sp³-hybridized carbons (Fsp3) is 0.750. The van der Waals surface area contributed by atoms with Crippen molar-refractivity contribution in [2.75, 3.05) is 5.32 Å². The second kappa shape index (κ2) is 4.26. The normalized spacial score (nSPS) is 22.1. The number of nitrogens with one attached hydrogen (secondary N) is 1. The summed E-state index contributed by atoms with van der Waals surface area (Å²) in [5.41, 5.74) is -0.455. The largest absolute Gasteiger partial charge is 0.361 e. The van der Waals surface area contributed by atoms with Crippen LogP contribution in [0.2, 0.25) is 0 Å². The molecule has 0 bridgehead atoms. The third-order valence-corrected chi connectivity index (χ3v) is 3.63. The molecule has 1 heterocycles. The third-order valence-electron chi connectivity index (χ3n) is 3.63. The Hall–Kier alpha value is -1.59. The molecule has 1 aromatic rings. The summed E-state index contributed by atoms with van der Waals surface area (Å²) in [5.74, 6) is 0.266. The first kappa shape index (κ1) is 12.9. The van der Waals surface area contributed by atoms with Crippen LogP contribution in [0.1, 0.15) is 33.1 Å². The van der Waals surface area contributed by atoms with Gasteiger partial charge in [-0.3, -0.25) is 9.36 Å². The smallest absolute Gasteiger partial charge is 0.346 e. The maximum absolute atomic E-state index is 11.9. The van der Waals surface area contributed by atoms with Crippen molar-refractivity contribution < 1.29 is 0 Å². The van der Waals surface area contributed by atoms with Gasteiger partial charge in [0.05, 0.1) is 0 Å². The molecule has 6 heteroatoms. The van der Waals surface area contributed by atoms with E-state index in [1.165, 1.54) is 11.7 Å². The van der Waals surface area contributed by atoms with Crippen LogP contribution in [0.4, 0.5) is 5.82 Å². The van der Waals surface area contributed by atoms with Crippen molar-refractivity contribution in [1.82, 2.24) is 14.3 Å². The average molecular weight is 252 g/mol. The van der Waals surface area contributed by atoms with E-state index < -0.39 is 5.69 Å². The molecule has 1 fully saturated rings. The molecule has 100 valence electrons. The highest BCUT2D eigenvalue weighted by Gasteiger charge is 2.31. The van der Waals surface area contributed by atoms with Gasteiger partial charge >= 0.3 is 5.69 Å². The summed E-state index contributed by atoms with van der Waals surface area (Å²) in [6, 6.07) is 0.262. The summed E-state index contributed by atoms with van der Waals surface area (Å²) >= 11 is 0.